The highest BCUT2D eigenvalue weighted by Crippen LogP contribution is 2.29. The number of primary amides is 1. The van der Waals surface area contributed by atoms with Crippen molar-refractivity contribution in [1.82, 2.24) is 10.1 Å². The number of thiophene rings is 1. The number of anilines is 1. The number of hydrogen-bond donors (Lipinski definition) is 2. The van der Waals surface area contributed by atoms with E-state index in [9.17, 15) is 13.2 Å². The number of carbonyl (C=O) groups is 1. The monoisotopic (exact) mass is 350 g/mol. The minimum absolute atomic E-state index is 0.0713. The summed E-state index contributed by atoms with van der Waals surface area (Å²) in [6.07, 6.45) is 1.50. The van der Waals surface area contributed by atoms with E-state index in [-0.39, 0.29) is 21.4 Å². The molecule has 3 heterocycles. The van der Waals surface area contributed by atoms with Gasteiger partial charge in [0.05, 0.1) is 5.69 Å². The Balaban J connectivity index is 2.05. The highest BCUT2D eigenvalue weighted by Gasteiger charge is 2.27. The Hall–Kier alpha value is -2.72. The van der Waals surface area contributed by atoms with E-state index in [1.54, 1.807) is 29.6 Å². The Labute approximate surface area is 135 Å². The standard InChI is InChI=1S/C13H10N4O4S2/c14-12(18)10-11(8-4-1-2-6-15-8)16-21-13(10)17-23(19,20)9-5-3-7-22-9/h1-7,17H,(H2,14,18). The zero-order chi connectivity index (χ0) is 16.4. The first-order chi connectivity index (χ1) is 11.0. The van der Waals surface area contributed by atoms with Crippen LogP contribution in [0.4, 0.5) is 5.88 Å². The Morgan fingerprint density at radius 1 is 1.26 bits per heavy atom. The van der Waals surface area contributed by atoms with Gasteiger partial charge in [0.2, 0.25) is 0 Å². The Bertz CT molecular complexity index is 934. The lowest BCUT2D eigenvalue weighted by Gasteiger charge is -2.03. The molecule has 1 amide bonds. The van der Waals surface area contributed by atoms with Gasteiger partial charge in [0.25, 0.3) is 21.8 Å². The van der Waals surface area contributed by atoms with Crippen molar-refractivity contribution in [3.63, 3.8) is 0 Å². The van der Waals surface area contributed by atoms with E-state index in [0.717, 1.165) is 11.3 Å². The van der Waals surface area contributed by atoms with Gasteiger partial charge in [-0.3, -0.25) is 9.78 Å². The molecule has 0 spiro atoms. The third kappa shape index (κ3) is 2.94. The normalized spacial score (nSPS) is 11.3. The number of aromatic nitrogens is 2. The molecule has 3 N–H and O–H groups in total. The molecule has 3 aromatic rings. The van der Waals surface area contributed by atoms with Crippen LogP contribution in [0.1, 0.15) is 10.4 Å². The number of nitrogens with zero attached hydrogens (tertiary/aromatic N) is 2. The van der Waals surface area contributed by atoms with Crippen LogP contribution in [0.25, 0.3) is 11.4 Å². The SMILES string of the molecule is NC(=O)c1c(-c2ccccn2)noc1NS(=O)(=O)c1cccs1. The number of hydrogen-bond acceptors (Lipinski definition) is 7. The second-order valence-corrected chi connectivity index (χ2v) is 7.21. The van der Waals surface area contributed by atoms with Crippen LogP contribution in [-0.4, -0.2) is 24.5 Å². The lowest BCUT2D eigenvalue weighted by Crippen LogP contribution is -2.17. The van der Waals surface area contributed by atoms with E-state index in [1.807, 2.05) is 0 Å². The van der Waals surface area contributed by atoms with Crippen LogP contribution in [0.5, 0.6) is 0 Å². The fourth-order valence-corrected chi connectivity index (χ4v) is 3.84. The second-order valence-electron chi connectivity index (χ2n) is 4.35. The average molecular weight is 350 g/mol. The smallest absolute Gasteiger partial charge is 0.273 e. The maximum absolute atomic E-state index is 12.2. The molecule has 23 heavy (non-hydrogen) atoms. The zero-order valence-electron chi connectivity index (χ0n) is 11.5. The van der Waals surface area contributed by atoms with Crippen LogP contribution in [0.2, 0.25) is 0 Å². The van der Waals surface area contributed by atoms with Crippen molar-refractivity contribution < 1.29 is 17.7 Å². The third-order valence-corrected chi connectivity index (χ3v) is 5.56. The number of rotatable bonds is 5. The second kappa shape index (κ2) is 5.82. The molecule has 0 atom stereocenters. The molecule has 0 unspecified atom stereocenters. The molecule has 0 aliphatic heterocycles. The van der Waals surface area contributed by atoms with Crippen molar-refractivity contribution in [3.05, 3.63) is 47.5 Å². The van der Waals surface area contributed by atoms with Crippen molar-refractivity contribution >= 4 is 33.2 Å². The summed E-state index contributed by atoms with van der Waals surface area (Å²) in [6.45, 7) is 0. The van der Waals surface area contributed by atoms with Gasteiger partial charge in [0, 0.05) is 6.20 Å². The molecule has 8 nitrogen and oxygen atoms in total. The summed E-state index contributed by atoms with van der Waals surface area (Å²) in [5, 5.41) is 5.33. The van der Waals surface area contributed by atoms with E-state index in [0.29, 0.717) is 5.69 Å². The number of sulfonamides is 1. The predicted octanol–water partition coefficient (Wildman–Crippen LogP) is 1.70. The van der Waals surface area contributed by atoms with Crippen molar-refractivity contribution in [2.24, 2.45) is 5.73 Å². The molecule has 0 radical (unpaired) electrons. The number of nitrogens with two attached hydrogens (primary N) is 1. The topological polar surface area (TPSA) is 128 Å². The van der Waals surface area contributed by atoms with Crippen LogP contribution >= 0.6 is 11.3 Å². The molecule has 3 aromatic heterocycles. The molecule has 0 aliphatic carbocycles. The molecule has 10 heteroatoms. The first-order valence-corrected chi connectivity index (χ1v) is 8.62. The van der Waals surface area contributed by atoms with Gasteiger partial charge in [-0.1, -0.05) is 17.3 Å². The summed E-state index contributed by atoms with van der Waals surface area (Å²) in [6, 6.07) is 7.99. The summed E-state index contributed by atoms with van der Waals surface area (Å²) < 4.78 is 31.7. The number of pyridine rings is 1. The largest absolute Gasteiger partial charge is 0.365 e. The van der Waals surface area contributed by atoms with E-state index >= 15 is 0 Å². The quantitative estimate of drug-likeness (QED) is 0.720. The molecule has 0 bridgehead atoms. The van der Waals surface area contributed by atoms with Gasteiger partial charge in [-0.15, -0.1) is 11.3 Å². The number of carbonyl (C=O) groups excluding carboxylic acids is 1. The van der Waals surface area contributed by atoms with Crippen LogP contribution in [0, 0.1) is 0 Å². The van der Waals surface area contributed by atoms with Crippen LogP contribution in [-0.2, 0) is 10.0 Å². The van der Waals surface area contributed by atoms with Crippen molar-refractivity contribution in [3.8, 4) is 11.4 Å². The Morgan fingerprint density at radius 2 is 2.09 bits per heavy atom. The molecular formula is C13H10N4O4S2. The summed E-state index contributed by atoms with van der Waals surface area (Å²) in [5.74, 6) is -1.22. The zero-order valence-corrected chi connectivity index (χ0v) is 13.1. The van der Waals surface area contributed by atoms with Gasteiger partial charge < -0.3 is 10.3 Å². The average Bonchev–Trinajstić information content (AvgIpc) is 3.17. The van der Waals surface area contributed by atoms with E-state index < -0.39 is 15.9 Å². The number of amides is 1. The fourth-order valence-electron chi connectivity index (χ4n) is 1.85. The summed E-state index contributed by atoms with van der Waals surface area (Å²) in [4.78, 5) is 15.8. The highest BCUT2D eigenvalue weighted by atomic mass is 32.2. The maximum Gasteiger partial charge on any atom is 0.273 e. The van der Waals surface area contributed by atoms with Crippen LogP contribution < -0.4 is 10.5 Å². The number of nitrogens with one attached hydrogen (secondary N) is 1. The van der Waals surface area contributed by atoms with Gasteiger partial charge in [-0.05, 0) is 23.6 Å². The van der Waals surface area contributed by atoms with Crippen molar-refractivity contribution in [1.29, 1.82) is 0 Å². The van der Waals surface area contributed by atoms with Crippen LogP contribution in [0.3, 0.4) is 0 Å². The van der Waals surface area contributed by atoms with E-state index in [1.165, 1.54) is 12.3 Å². The lowest BCUT2D eigenvalue weighted by atomic mass is 10.1. The molecule has 0 aliphatic rings. The first kappa shape index (κ1) is 15.2. The predicted molar refractivity (Wildman–Crippen MR) is 83.4 cm³/mol. The van der Waals surface area contributed by atoms with Gasteiger partial charge in [0.15, 0.2) is 0 Å². The van der Waals surface area contributed by atoms with Crippen molar-refractivity contribution in [2.75, 3.05) is 4.72 Å². The van der Waals surface area contributed by atoms with Crippen LogP contribution in [0.15, 0.2) is 50.6 Å². The first-order valence-electron chi connectivity index (χ1n) is 6.26. The molecule has 118 valence electrons. The lowest BCUT2D eigenvalue weighted by molar-refractivity contribution is 0.100. The van der Waals surface area contributed by atoms with Crippen molar-refractivity contribution in [2.45, 2.75) is 4.21 Å². The third-order valence-electron chi connectivity index (χ3n) is 2.83. The highest BCUT2D eigenvalue weighted by molar-refractivity contribution is 7.94. The van der Waals surface area contributed by atoms with E-state index in [2.05, 4.69) is 14.9 Å². The fraction of sp³-hybridized carbons (Fsp3) is 0. The van der Waals surface area contributed by atoms with Gasteiger partial charge in [-0.25, -0.2) is 13.1 Å². The van der Waals surface area contributed by atoms with Gasteiger partial charge in [0.1, 0.15) is 15.5 Å². The molecule has 0 saturated carbocycles. The molecule has 3 rings (SSSR count). The van der Waals surface area contributed by atoms with Gasteiger partial charge >= 0.3 is 0 Å². The van der Waals surface area contributed by atoms with Gasteiger partial charge in [-0.2, -0.15) is 0 Å². The summed E-state index contributed by atoms with van der Waals surface area (Å²) >= 11 is 1.03. The molecule has 0 aromatic carbocycles. The summed E-state index contributed by atoms with van der Waals surface area (Å²) in [5.41, 5.74) is 5.57. The molecule has 0 fully saturated rings. The molecular weight excluding hydrogens is 340 g/mol. The summed E-state index contributed by atoms with van der Waals surface area (Å²) in [7, 11) is -3.89. The maximum atomic E-state index is 12.2. The minimum Gasteiger partial charge on any atom is -0.365 e. The Morgan fingerprint density at radius 3 is 2.70 bits per heavy atom. The van der Waals surface area contributed by atoms with E-state index in [4.69, 9.17) is 10.3 Å². The Kier molecular flexibility index (Phi) is 3.84. The minimum atomic E-state index is -3.89. The molecule has 0 saturated heterocycles.